The van der Waals surface area contributed by atoms with E-state index in [1.54, 1.807) is 13.0 Å². The second-order valence-corrected chi connectivity index (χ2v) is 7.86. The van der Waals surface area contributed by atoms with E-state index in [2.05, 4.69) is 10.6 Å². The van der Waals surface area contributed by atoms with Crippen molar-refractivity contribution in [3.8, 4) is 0 Å². The lowest BCUT2D eigenvalue weighted by atomic mass is 9.98. The normalized spacial score (nSPS) is 14.7. The number of nitrogens with one attached hydrogen (secondary N) is 2. The van der Waals surface area contributed by atoms with Crippen molar-refractivity contribution in [1.82, 2.24) is 10.6 Å². The lowest BCUT2D eigenvalue weighted by Gasteiger charge is -2.23. The van der Waals surface area contributed by atoms with Crippen molar-refractivity contribution in [3.05, 3.63) is 48.0 Å². The van der Waals surface area contributed by atoms with Crippen LogP contribution in [0, 0.1) is 5.92 Å². The van der Waals surface area contributed by atoms with Crippen LogP contribution in [-0.2, 0) is 25.6 Å². The van der Waals surface area contributed by atoms with Gasteiger partial charge >= 0.3 is 11.9 Å². The van der Waals surface area contributed by atoms with Gasteiger partial charge in [0.25, 0.3) is 0 Å². The van der Waals surface area contributed by atoms with Crippen LogP contribution in [-0.4, -0.2) is 52.1 Å². The van der Waals surface area contributed by atoms with Crippen LogP contribution in [0.4, 0.5) is 0 Å². The number of carbonyl (C=O) groups is 4. The predicted molar refractivity (Wildman–Crippen MR) is 119 cm³/mol. The molecule has 0 aliphatic rings. The summed E-state index contributed by atoms with van der Waals surface area (Å²) in [5, 5.41) is 25.4. The van der Waals surface area contributed by atoms with Gasteiger partial charge < -0.3 is 26.6 Å². The Bertz CT molecular complexity index is 993. The molecule has 0 aliphatic carbocycles. The lowest BCUT2D eigenvalue weighted by Crippen LogP contribution is -2.56. The molecule has 0 spiro atoms. The molecule has 2 rings (SSSR count). The molecule has 0 saturated heterocycles. The smallest absolute Gasteiger partial charge is 0.326 e. The van der Waals surface area contributed by atoms with Crippen molar-refractivity contribution < 1.29 is 29.4 Å². The number of carboxylic acids is 2. The number of rotatable bonds is 11. The maximum absolute atomic E-state index is 12.7. The zero-order chi connectivity index (χ0) is 23.8. The number of carbonyl (C=O) groups excluding carboxylic acids is 2. The van der Waals surface area contributed by atoms with Gasteiger partial charge in [-0.15, -0.1) is 0 Å². The van der Waals surface area contributed by atoms with Gasteiger partial charge in [0, 0.05) is 6.42 Å². The Morgan fingerprint density at radius 2 is 1.56 bits per heavy atom. The summed E-state index contributed by atoms with van der Waals surface area (Å²) in [4.78, 5) is 48.0. The third-order valence-electron chi connectivity index (χ3n) is 5.44. The average molecular weight is 444 g/mol. The van der Waals surface area contributed by atoms with E-state index in [1.807, 2.05) is 43.3 Å². The van der Waals surface area contributed by atoms with Crippen molar-refractivity contribution in [2.75, 3.05) is 0 Å². The van der Waals surface area contributed by atoms with Crippen LogP contribution in [0.5, 0.6) is 0 Å². The second-order valence-electron chi connectivity index (χ2n) is 7.86. The molecule has 0 aromatic heterocycles. The van der Waals surface area contributed by atoms with E-state index in [9.17, 15) is 24.3 Å². The average Bonchev–Trinajstić information content (AvgIpc) is 2.76. The fraction of sp³-hybridized carbons (Fsp3) is 0.391. The van der Waals surface area contributed by atoms with Crippen LogP contribution in [0.15, 0.2) is 42.5 Å². The van der Waals surface area contributed by atoms with Crippen LogP contribution in [0.25, 0.3) is 10.8 Å². The zero-order valence-corrected chi connectivity index (χ0v) is 18.1. The molecule has 4 atom stereocenters. The molecule has 0 unspecified atom stereocenters. The molecule has 0 bridgehead atoms. The first kappa shape index (κ1) is 24.8. The topological polar surface area (TPSA) is 159 Å². The SMILES string of the molecule is CC[C@H](C)[C@H](N)C(=O)N[C@@H](CC(=O)O)C(=O)N[C@@H](Cc1ccc2ccccc2c1)C(=O)O. The quantitative estimate of drug-likeness (QED) is 0.350. The first-order valence-electron chi connectivity index (χ1n) is 10.4. The molecule has 0 radical (unpaired) electrons. The highest BCUT2D eigenvalue weighted by Crippen LogP contribution is 2.17. The van der Waals surface area contributed by atoms with Crippen LogP contribution in [0.2, 0.25) is 0 Å². The summed E-state index contributed by atoms with van der Waals surface area (Å²) in [6, 6.07) is 9.37. The molecule has 2 aromatic rings. The van der Waals surface area contributed by atoms with Gasteiger partial charge in [0.15, 0.2) is 0 Å². The van der Waals surface area contributed by atoms with Gasteiger partial charge in [-0.05, 0) is 22.3 Å². The molecule has 9 nitrogen and oxygen atoms in total. The van der Waals surface area contributed by atoms with Crippen molar-refractivity contribution in [2.45, 2.75) is 51.2 Å². The van der Waals surface area contributed by atoms with E-state index in [0.717, 1.165) is 10.8 Å². The monoisotopic (exact) mass is 443 g/mol. The molecule has 2 aromatic carbocycles. The van der Waals surface area contributed by atoms with Gasteiger partial charge in [-0.2, -0.15) is 0 Å². The van der Waals surface area contributed by atoms with Gasteiger partial charge in [-0.1, -0.05) is 62.7 Å². The molecule has 6 N–H and O–H groups in total. The molecular weight excluding hydrogens is 414 g/mol. The van der Waals surface area contributed by atoms with E-state index in [-0.39, 0.29) is 12.3 Å². The van der Waals surface area contributed by atoms with Gasteiger partial charge in [-0.25, -0.2) is 4.79 Å². The number of aliphatic carboxylic acids is 2. The highest BCUT2D eigenvalue weighted by molar-refractivity contribution is 5.94. The summed E-state index contributed by atoms with van der Waals surface area (Å²) < 4.78 is 0. The van der Waals surface area contributed by atoms with E-state index in [1.165, 1.54) is 0 Å². The molecule has 0 saturated carbocycles. The standard InChI is InChI=1S/C23H29N3O6/c1-3-13(2)20(24)22(30)25-17(12-19(27)28)21(29)26-18(23(31)32)11-14-8-9-15-6-4-5-7-16(15)10-14/h4-10,13,17-18,20H,3,11-12,24H2,1-2H3,(H,25,30)(H,26,29)(H,27,28)(H,31,32)/t13-,17-,18-,20-/m0/s1. The fourth-order valence-corrected chi connectivity index (χ4v) is 3.24. The minimum atomic E-state index is -1.45. The zero-order valence-electron chi connectivity index (χ0n) is 18.1. The van der Waals surface area contributed by atoms with Crippen LogP contribution >= 0.6 is 0 Å². The maximum Gasteiger partial charge on any atom is 0.326 e. The summed E-state index contributed by atoms with van der Waals surface area (Å²) in [6.07, 6.45) is -0.0869. The summed E-state index contributed by atoms with van der Waals surface area (Å²) in [6.45, 7) is 3.62. The molecule has 9 heteroatoms. The Labute approximate surface area is 186 Å². The summed E-state index contributed by atoms with van der Waals surface area (Å²) in [5.74, 6) is -4.33. The number of amides is 2. The van der Waals surface area contributed by atoms with Gasteiger partial charge in [0.05, 0.1) is 12.5 Å². The second kappa shape index (κ2) is 11.2. The minimum absolute atomic E-state index is 0.00791. The van der Waals surface area contributed by atoms with E-state index >= 15 is 0 Å². The summed E-state index contributed by atoms with van der Waals surface area (Å²) in [5.41, 5.74) is 6.55. The fourth-order valence-electron chi connectivity index (χ4n) is 3.24. The third-order valence-corrected chi connectivity index (χ3v) is 5.44. The number of hydrogen-bond acceptors (Lipinski definition) is 5. The molecule has 32 heavy (non-hydrogen) atoms. The Morgan fingerprint density at radius 3 is 2.16 bits per heavy atom. The number of carboxylic acid groups (broad SMARTS) is 2. The Kier molecular flexibility index (Phi) is 8.71. The van der Waals surface area contributed by atoms with Gasteiger partial charge in [0.2, 0.25) is 11.8 Å². The van der Waals surface area contributed by atoms with Crippen molar-refractivity contribution in [3.63, 3.8) is 0 Å². The number of fused-ring (bicyclic) bond motifs is 1. The Balaban J connectivity index is 2.14. The number of nitrogens with two attached hydrogens (primary N) is 1. The van der Waals surface area contributed by atoms with E-state index in [4.69, 9.17) is 10.8 Å². The van der Waals surface area contributed by atoms with Crippen molar-refractivity contribution in [2.24, 2.45) is 11.7 Å². The summed E-state index contributed by atoms with van der Waals surface area (Å²) >= 11 is 0. The predicted octanol–water partition coefficient (Wildman–Crippen LogP) is 1.28. The largest absolute Gasteiger partial charge is 0.481 e. The Morgan fingerprint density at radius 1 is 0.938 bits per heavy atom. The highest BCUT2D eigenvalue weighted by Gasteiger charge is 2.30. The molecule has 0 fully saturated rings. The molecule has 0 heterocycles. The number of benzene rings is 2. The van der Waals surface area contributed by atoms with Crippen molar-refractivity contribution >= 4 is 34.5 Å². The van der Waals surface area contributed by atoms with Crippen molar-refractivity contribution in [1.29, 1.82) is 0 Å². The lowest BCUT2D eigenvalue weighted by molar-refractivity contribution is -0.143. The van der Waals surface area contributed by atoms with E-state index < -0.39 is 48.3 Å². The van der Waals surface area contributed by atoms with Crippen LogP contribution in [0.3, 0.4) is 0 Å². The van der Waals surface area contributed by atoms with Gasteiger partial charge in [0.1, 0.15) is 12.1 Å². The first-order valence-corrected chi connectivity index (χ1v) is 10.4. The van der Waals surface area contributed by atoms with Crippen LogP contribution in [0.1, 0.15) is 32.3 Å². The summed E-state index contributed by atoms with van der Waals surface area (Å²) in [7, 11) is 0. The number of hydrogen-bond donors (Lipinski definition) is 5. The molecule has 2 amide bonds. The van der Waals surface area contributed by atoms with E-state index in [0.29, 0.717) is 12.0 Å². The highest BCUT2D eigenvalue weighted by atomic mass is 16.4. The first-order chi connectivity index (χ1) is 15.1. The maximum atomic E-state index is 12.7. The Hall–Kier alpha value is -3.46. The minimum Gasteiger partial charge on any atom is -0.481 e. The van der Waals surface area contributed by atoms with Gasteiger partial charge in [-0.3, -0.25) is 14.4 Å². The van der Waals surface area contributed by atoms with Crippen LogP contribution < -0.4 is 16.4 Å². The third kappa shape index (κ3) is 6.78. The molecule has 0 aliphatic heterocycles. The molecule has 172 valence electrons. The molecular formula is C23H29N3O6.